The van der Waals surface area contributed by atoms with Crippen LogP contribution in [0.15, 0.2) is 36.0 Å². The van der Waals surface area contributed by atoms with Crippen molar-refractivity contribution in [1.29, 1.82) is 0 Å². The number of rotatable bonds is 8. The average Bonchev–Trinajstić information content (AvgIpc) is 2.61. The van der Waals surface area contributed by atoms with Crippen LogP contribution in [0.4, 0.5) is 0 Å². The summed E-state index contributed by atoms with van der Waals surface area (Å²) in [5.41, 5.74) is 5.88. The molecule has 3 N–H and O–H groups in total. The molecule has 29 heavy (non-hydrogen) atoms. The number of carbonyl (C=O) groups is 3. The van der Waals surface area contributed by atoms with Crippen LogP contribution in [0.5, 0.6) is 0 Å². The number of hydrogen-bond acceptors (Lipinski definition) is 5. The van der Waals surface area contributed by atoms with E-state index in [2.05, 4.69) is 5.32 Å². The van der Waals surface area contributed by atoms with Crippen molar-refractivity contribution in [2.45, 2.75) is 65.7 Å². The highest BCUT2D eigenvalue weighted by atomic mass is 16.6. The van der Waals surface area contributed by atoms with E-state index in [1.54, 1.807) is 12.2 Å². The second-order valence-electron chi connectivity index (χ2n) is 8.48. The van der Waals surface area contributed by atoms with Gasteiger partial charge in [-0.1, -0.05) is 57.6 Å². The lowest BCUT2D eigenvalue weighted by Crippen LogP contribution is -2.51. The first kappa shape index (κ1) is 24.6. The minimum atomic E-state index is -0.748. The Hall–Kier alpha value is -2.41. The van der Waals surface area contributed by atoms with Crippen LogP contribution in [-0.4, -0.2) is 43.1 Å². The molecule has 0 aromatic carbocycles. The lowest BCUT2D eigenvalue weighted by molar-refractivity contribution is -0.171. The van der Waals surface area contributed by atoms with Crippen LogP contribution in [0, 0.1) is 11.3 Å². The Kier molecular flexibility index (Phi) is 9.30. The molecule has 162 valence electrons. The third kappa shape index (κ3) is 8.23. The summed E-state index contributed by atoms with van der Waals surface area (Å²) in [4.78, 5) is 35.3. The van der Waals surface area contributed by atoms with Crippen LogP contribution in [0.2, 0.25) is 0 Å². The normalized spacial score (nSPS) is 23.1. The summed E-state index contributed by atoms with van der Waals surface area (Å²) in [6.45, 7) is 9.44. The number of nitrogens with two attached hydrogens (primary N) is 1. The van der Waals surface area contributed by atoms with Gasteiger partial charge < -0.3 is 20.5 Å². The molecule has 7 heteroatoms. The Labute approximate surface area is 173 Å². The zero-order valence-corrected chi connectivity index (χ0v) is 18.2. The van der Waals surface area contributed by atoms with Crippen molar-refractivity contribution in [2.75, 3.05) is 7.11 Å². The van der Waals surface area contributed by atoms with Crippen molar-refractivity contribution in [2.24, 2.45) is 17.1 Å². The van der Waals surface area contributed by atoms with Crippen molar-refractivity contribution in [3.05, 3.63) is 36.0 Å². The van der Waals surface area contributed by atoms with E-state index in [4.69, 9.17) is 15.2 Å². The molecule has 7 nitrogen and oxygen atoms in total. The minimum absolute atomic E-state index is 0.0665. The summed E-state index contributed by atoms with van der Waals surface area (Å²) in [7, 11) is 1.51. The smallest absolute Gasteiger partial charge is 0.335 e. The van der Waals surface area contributed by atoms with Crippen LogP contribution in [0.1, 0.15) is 47.5 Å². The molecule has 1 heterocycles. The lowest BCUT2D eigenvalue weighted by atomic mass is 9.86. The Balaban J connectivity index is 2.58. The number of ether oxygens (including phenoxy) is 2. The Morgan fingerprint density at radius 1 is 1.24 bits per heavy atom. The van der Waals surface area contributed by atoms with Gasteiger partial charge in [-0.2, -0.15) is 0 Å². The van der Waals surface area contributed by atoms with Gasteiger partial charge in [-0.25, -0.2) is 4.79 Å². The predicted octanol–water partition coefficient (Wildman–Crippen LogP) is 2.42. The van der Waals surface area contributed by atoms with Crippen molar-refractivity contribution < 1.29 is 23.9 Å². The number of methoxy groups -OCH3 is 1. The van der Waals surface area contributed by atoms with Crippen LogP contribution in [-0.2, 0) is 23.9 Å². The minimum Gasteiger partial charge on any atom is -0.460 e. The van der Waals surface area contributed by atoms with Crippen LogP contribution in [0.25, 0.3) is 0 Å². The fourth-order valence-electron chi connectivity index (χ4n) is 3.13. The molecule has 1 aliphatic heterocycles. The average molecular weight is 407 g/mol. The molecule has 0 aliphatic carbocycles. The van der Waals surface area contributed by atoms with Gasteiger partial charge >= 0.3 is 5.97 Å². The Morgan fingerprint density at radius 2 is 1.86 bits per heavy atom. The highest BCUT2D eigenvalue weighted by molar-refractivity contribution is 5.92. The summed E-state index contributed by atoms with van der Waals surface area (Å²) in [5, 5.41) is 2.62. The molecule has 0 bridgehead atoms. The topological polar surface area (TPSA) is 108 Å². The van der Waals surface area contributed by atoms with E-state index in [1.165, 1.54) is 13.2 Å². The second-order valence-corrected chi connectivity index (χ2v) is 8.48. The molecule has 0 saturated carbocycles. The van der Waals surface area contributed by atoms with Crippen LogP contribution in [0.3, 0.4) is 0 Å². The van der Waals surface area contributed by atoms with E-state index in [9.17, 15) is 14.4 Å². The Bertz CT molecular complexity index is 688. The molecule has 2 amide bonds. The molecule has 1 rings (SSSR count). The number of nitrogens with one attached hydrogen (secondary N) is 1. The predicted molar refractivity (Wildman–Crippen MR) is 112 cm³/mol. The van der Waals surface area contributed by atoms with E-state index in [1.807, 2.05) is 46.8 Å². The standard InChI is InChI=1S/C22H34N2O5/c1-14(13-15(2)16-11-12-17(28-6)21(27)29-16)9-7-8-10-18(25)24-19(20(23)26)22(3,4)5/h7-10,13,15-17,19H,11-12H2,1-6H3,(H2,23,26)(H,24,25)/b9-7-,10-8-,14-13+/t15-,16-,17?,19-/m0/s1. The van der Waals surface area contributed by atoms with Gasteiger partial charge in [-0.05, 0) is 25.2 Å². The van der Waals surface area contributed by atoms with E-state index < -0.39 is 23.5 Å². The first-order chi connectivity index (χ1) is 13.5. The van der Waals surface area contributed by atoms with Crippen LogP contribution < -0.4 is 11.1 Å². The van der Waals surface area contributed by atoms with Crippen molar-refractivity contribution in [3.8, 4) is 0 Å². The zero-order valence-electron chi connectivity index (χ0n) is 18.2. The highest BCUT2D eigenvalue weighted by Gasteiger charge is 2.32. The maximum absolute atomic E-state index is 12.0. The summed E-state index contributed by atoms with van der Waals surface area (Å²) in [6.07, 6.45) is 9.36. The summed E-state index contributed by atoms with van der Waals surface area (Å²) in [6, 6.07) is -0.748. The molecular weight excluding hydrogens is 372 g/mol. The highest BCUT2D eigenvalue weighted by Crippen LogP contribution is 2.24. The van der Waals surface area contributed by atoms with Gasteiger partial charge in [0.25, 0.3) is 0 Å². The third-order valence-electron chi connectivity index (χ3n) is 4.80. The van der Waals surface area contributed by atoms with Gasteiger partial charge in [0, 0.05) is 19.1 Å². The monoisotopic (exact) mass is 406 g/mol. The van der Waals surface area contributed by atoms with Gasteiger partial charge in [-0.15, -0.1) is 0 Å². The number of esters is 1. The van der Waals surface area contributed by atoms with E-state index in [0.29, 0.717) is 6.42 Å². The fourth-order valence-corrected chi connectivity index (χ4v) is 3.13. The van der Waals surface area contributed by atoms with E-state index >= 15 is 0 Å². The molecule has 0 radical (unpaired) electrons. The second kappa shape index (κ2) is 11.0. The van der Waals surface area contributed by atoms with Gasteiger partial charge in [0.1, 0.15) is 12.1 Å². The lowest BCUT2D eigenvalue weighted by Gasteiger charge is -2.30. The van der Waals surface area contributed by atoms with Crippen molar-refractivity contribution >= 4 is 17.8 Å². The number of allylic oxidation sites excluding steroid dienone is 4. The van der Waals surface area contributed by atoms with Gasteiger partial charge in [-0.3, -0.25) is 9.59 Å². The SMILES string of the molecule is COC1CC[C@@H]([C@@H](C)/C=C(C)/C=C\C=C/C(=O)N[C@@H](C(N)=O)C(C)(C)C)OC1=O. The fraction of sp³-hybridized carbons (Fsp3) is 0.591. The zero-order chi connectivity index (χ0) is 22.2. The maximum Gasteiger partial charge on any atom is 0.335 e. The molecule has 0 spiro atoms. The molecule has 1 fully saturated rings. The Morgan fingerprint density at radius 3 is 2.38 bits per heavy atom. The van der Waals surface area contributed by atoms with Gasteiger partial charge in [0.15, 0.2) is 6.10 Å². The first-order valence-corrected chi connectivity index (χ1v) is 9.82. The van der Waals surface area contributed by atoms with Crippen molar-refractivity contribution in [3.63, 3.8) is 0 Å². The molecule has 1 aliphatic rings. The molecule has 1 saturated heterocycles. The van der Waals surface area contributed by atoms with E-state index in [-0.39, 0.29) is 23.9 Å². The number of amides is 2. The summed E-state index contributed by atoms with van der Waals surface area (Å²) < 4.78 is 10.5. The molecular formula is C22H34N2O5. The quantitative estimate of drug-likeness (QED) is 0.366. The molecule has 4 atom stereocenters. The maximum atomic E-state index is 12.0. The number of carbonyl (C=O) groups excluding carboxylic acids is 3. The number of primary amides is 1. The molecule has 0 aromatic heterocycles. The summed E-state index contributed by atoms with van der Waals surface area (Å²) >= 11 is 0. The summed E-state index contributed by atoms with van der Waals surface area (Å²) in [5.74, 6) is -1.19. The largest absolute Gasteiger partial charge is 0.460 e. The van der Waals surface area contributed by atoms with Crippen LogP contribution >= 0.6 is 0 Å². The van der Waals surface area contributed by atoms with Crippen molar-refractivity contribution in [1.82, 2.24) is 5.32 Å². The van der Waals surface area contributed by atoms with Gasteiger partial charge in [0.2, 0.25) is 11.8 Å². The van der Waals surface area contributed by atoms with Gasteiger partial charge in [0.05, 0.1) is 0 Å². The third-order valence-corrected chi connectivity index (χ3v) is 4.80. The first-order valence-electron chi connectivity index (χ1n) is 9.82. The number of cyclic esters (lactones) is 1. The number of hydrogen-bond donors (Lipinski definition) is 2. The molecule has 1 unspecified atom stereocenters. The van der Waals surface area contributed by atoms with E-state index in [0.717, 1.165) is 12.0 Å². The molecule has 0 aromatic rings.